The molecule has 0 aliphatic heterocycles. The predicted octanol–water partition coefficient (Wildman–Crippen LogP) is 2.00. The molecule has 0 fully saturated rings. The van der Waals surface area contributed by atoms with Gasteiger partial charge in [-0.1, -0.05) is 55.0 Å². The second-order valence-corrected chi connectivity index (χ2v) is 6.11. The molecule has 26 heavy (non-hydrogen) atoms. The molecule has 0 radical (unpaired) electrons. The highest BCUT2D eigenvalue weighted by molar-refractivity contribution is 5.76. The Kier molecular flexibility index (Phi) is 5.26. The van der Waals surface area contributed by atoms with Crippen molar-refractivity contribution < 1.29 is 4.79 Å². The van der Waals surface area contributed by atoms with Crippen LogP contribution in [-0.2, 0) is 11.3 Å². The molecule has 0 unspecified atom stereocenters. The van der Waals surface area contributed by atoms with Gasteiger partial charge in [-0.3, -0.25) is 4.79 Å². The number of aryl methyl sites for hydroxylation is 1. The van der Waals surface area contributed by atoms with Gasteiger partial charge in [-0.25, -0.2) is 4.79 Å². The van der Waals surface area contributed by atoms with Gasteiger partial charge in [0.15, 0.2) is 0 Å². The van der Waals surface area contributed by atoms with Gasteiger partial charge in [0.2, 0.25) is 5.91 Å². The molecule has 7 nitrogen and oxygen atoms in total. The van der Waals surface area contributed by atoms with Crippen LogP contribution in [0, 0.1) is 6.92 Å². The maximum atomic E-state index is 12.4. The number of benzene rings is 2. The quantitative estimate of drug-likeness (QED) is 0.736. The molecular formula is C19H21N5O2. The second-order valence-electron chi connectivity index (χ2n) is 6.11. The van der Waals surface area contributed by atoms with Gasteiger partial charge in [0, 0.05) is 0 Å². The number of para-hydroxylation sites is 1. The van der Waals surface area contributed by atoms with Crippen LogP contribution in [-0.4, -0.2) is 25.7 Å². The average Bonchev–Trinajstić information content (AvgIpc) is 3.01. The number of hydrogen-bond donors (Lipinski definition) is 1. The van der Waals surface area contributed by atoms with E-state index in [4.69, 9.17) is 0 Å². The van der Waals surface area contributed by atoms with Crippen LogP contribution in [0.5, 0.6) is 0 Å². The van der Waals surface area contributed by atoms with E-state index in [1.54, 1.807) is 24.3 Å². The molecule has 1 atom stereocenters. The molecule has 134 valence electrons. The van der Waals surface area contributed by atoms with Crippen molar-refractivity contribution in [3.8, 4) is 5.69 Å². The summed E-state index contributed by atoms with van der Waals surface area (Å²) >= 11 is 0. The van der Waals surface area contributed by atoms with E-state index < -0.39 is 5.69 Å². The van der Waals surface area contributed by atoms with Gasteiger partial charge < -0.3 is 5.32 Å². The number of tetrazole rings is 1. The van der Waals surface area contributed by atoms with Crippen LogP contribution in [0.3, 0.4) is 0 Å². The Bertz CT molecular complexity index is 929. The molecular weight excluding hydrogens is 330 g/mol. The van der Waals surface area contributed by atoms with E-state index in [0.717, 1.165) is 16.7 Å². The number of hydrogen-bond acceptors (Lipinski definition) is 4. The first-order valence-electron chi connectivity index (χ1n) is 8.52. The van der Waals surface area contributed by atoms with Crippen LogP contribution in [0.25, 0.3) is 5.69 Å². The third-order valence-corrected chi connectivity index (χ3v) is 4.16. The Hall–Kier alpha value is -3.22. The lowest BCUT2D eigenvalue weighted by molar-refractivity contribution is -0.122. The van der Waals surface area contributed by atoms with E-state index in [0.29, 0.717) is 5.69 Å². The fraction of sp³-hybridized carbons (Fsp3) is 0.263. The fourth-order valence-electron chi connectivity index (χ4n) is 2.70. The summed E-state index contributed by atoms with van der Waals surface area (Å²) in [7, 11) is 0. The number of nitrogens with one attached hydrogen (secondary N) is 1. The number of carbonyl (C=O) groups excluding carboxylic acids is 1. The van der Waals surface area contributed by atoms with E-state index in [1.807, 2.05) is 44.2 Å². The highest BCUT2D eigenvalue weighted by atomic mass is 16.2. The van der Waals surface area contributed by atoms with Crippen molar-refractivity contribution in [3.63, 3.8) is 0 Å². The Balaban J connectivity index is 1.71. The lowest BCUT2D eigenvalue weighted by Crippen LogP contribution is -2.35. The van der Waals surface area contributed by atoms with Crippen molar-refractivity contribution in [2.24, 2.45) is 0 Å². The van der Waals surface area contributed by atoms with E-state index in [2.05, 4.69) is 15.7 Å². The summed E-state index contributed by atoms with van der Waals surface area (Å²) < 4.78 is 2.23. The standard InChI is InChI=1S/C19H21N5O2/c1-3-17(15-11-9-14(2)10-12-15)20-18(25)13-23-19(26)24(22-21-23)16-7-5-4-6-8-16/h4-12,17H,3,13H2,1-2H3,(H,20,25)/t17-/m0/s1. The minimum absolute atomic E-state index is 0.108. The smallest absolute Gasteiger partial charge is 0.348 e. The third-order valence-electron chi connectivity index (χ3n) is 4.16. The highest BCUT2D eigenvalue weighted by Crippen LogP contribution is 2.17. The van der Waals surface area contributed by atoms with Crippen LogP contribution in [0.2, 0.25) is 0 Å². The normalized spacial score (nSPS) is 11.9. The lowest BCUT2D eigenvalue weighted by atomic mass is 10.0. The van der Waals surface area contributed by atoms with E-state index in [-0.39, 0.29) is 18.5 Å². The molecule has 1 heterocycles. The average molecular weight is 351 g/mol. The molecule has 1 aromatic heterocycles. The number of aromatic nitrogens is 4. The van der Waals surface area contributed by atoms with Crippen molar-refractivity contribution in [1.29, 1.82) is 0 Å². The van der Waals surface area contributed by atoms with Crippen molar-refractivity contribution in [3.05, 3.63) is 76.2 Å². The van der Waals surface area contributed by atoms with Crippen LogP contribution < -0.4 is 11.0 Å². The van der Waals surface area contributed by atoms with Crippen LogP contribution in [0.4, 0.5) is 0 Å². The molecule has 0 bridgehead atoms. The third kappa shape index (κ3) is 3.88. The number of carbonyl (C=O) groups is 1. The summed E-state index contributed by atoms with van der Waals surface area (Å²) in [6, 6.07) is 16.9. The predicted molar refractivity (Wildman–Crippen MR) is 98.0 cm³/mol. The van der Waals surface area contributed by atoms with Gasteiger partial charge >= 0.3 is 5.69 Å². The van der Waals surface area contributed by atoms with Crippen LogP contribution in [0.1, 0.15) is 30.5 Å². The van der Waals surface area contributed by atoms with Gasteiger partial charge in [0.05, 0.1) is 11.7 Å². The van der Waals surface area contributed by atoms with Gasteiger partial charge in [0.25, 0.3) is 0 Å². The summed E-state index contributed by atoms with van der Waals surface area (Å²) in [4.78, 5) is 24.8. The fourth-order valence-corrected chi connectivity index (χ4v) is 2.70. The number of rotatable bonds is 6. The van der Waals surface area contributed by atoms with Crippen molar-refractivity contribution in [2.45, 2.75) is 32.9 Å². The Morgan fingerprint density at radius 2 is 1.77 bits per heavy atom. The number of amides is 1. The zero-order chi connectivity index (χ0) is 18.5. The minimum Gasteiger partial charge on any atom is -0.348 e. The highest BCUT2D eigenvalue weighted by Gasteiger charge is 2.16. The zero-order valence-corrected chi connectivity index (χ0v) is 14.8. The summed E-state index contributed by atoms with van der Waals surface area (Å²) in [6.45, 7) is 3.85. The topological polar surface area (TPSA) is 81.8 Å². The van der Waals surface area contributed by atoms with Crippen molar-refractivity contribution in [1.82, 2.24) is 25.1 Å². The van der Waals surface area contributed by atoms with E-state index in [9.17, 15) is 9.59 Å². The molecule has 1 N–H and O–H groups in total. The second kappa shape index (κ2) is 7.77. The Labute approximate surface area is 151 Å². The molecule has 3 rings (SSSR count). The molecule has 0 aliphatic carbocycles. The van der Waals surface area contributed by atoms with E-state index in [1.165, 1.54) is 10.2 Å². The molecule has 1 amide bonds. The zero-order valence-electron chi connectivity index (χ0n) is 14.8. The lowest BCUT2D eigenvalue weighted by Gasteiger charge is -2.17. The first-order chi connectivity index (χ1) is 12.6. The van der Waals surface area contributed by atoms with Gasteiger partial charge in [-0.15, -0.1) is 0 Å². The molecule has 0 saturated heterocycles. The van der Waals surface area contributed by atoms with Gasteiger partial charge in [-0.05, 0) is 41.5 Å². The molecule has 3 aromatic rings. The molecule has 7 heteroatoms. The molecule has 2 aromatic carbocycles. The van der Waals surface area contributed by atoms with Gasteiger partial charge in [0.1, 0.15) is 6.54 Å². The van der Waals surface area contributed by atoms with E-state index >= 15 is 0 Å². The summed E-state index contributed by atoms with van der Waals surface area (Å²) in [5.41, 5.74) is 2.36. The summed E-state index contributed by atoms with van der Waals surface area (Å²) in [6.07, 6.45) is 0.750. The van der Waals surface area contributed by atoms with Crippen molar-refractivity contribution >= 4 is 5.91 Å². The summed E-state index contributed by atoms with van der Waals surface area (Å²) in [5.74, 6) is -0.278. The first-order valence-corrected chi connectivity index (χ1v) is 8.52. The molecule has 0 aliphatic rings. The van der Waals surface area contributed by atoms with Crippen LogP contribution >= 0.6 is 0 Å². The van der Waals surface area contributed by atoms with Crippen molar-refractivity contribution in [2.75, 3.05) is 0 Å². The SMILES string of the molecule is CC[C@H](NC(=O)Cn1nnn(-c2ccccc2)c1=O)c1ccc(C)cc1. The Morgan fingerprint density at radius 3 is 2.42 bits per heavy atom. The molecule has 0 spiro atoms. The van der Waals surface area contributed by atoms with Gasteiger partial charge in [-0.2, -0.15) is 9.36 Å². The largest absolute Gasteiger partial charge is 0.368 e. The first kappa shape index (κ1) is 17.6. The molecule has 0 saturated carbocycles. The minimum atomic E-state index is -0.449. The number of nitrogens with zero attached hydrogens (tertiary/aromatic N) is 4. The summed E-state index contributed by atoms with van der Waals surface area (Å²) in [5, 5.41) is 10.6. The van der Waals surface area contributed by atoms with Crippen LogP contribution in [0.15, 0.2) is 59.4 Å². The monoisotopic (exact) mass is 351 g/mol. The maximum Gasteiger partial charge on any atom is 0.368 e. The Morgan fingerprint density at radius 1 is 1.08 bits per heavy atom. The maximum absolute atomic E-state index is 12.4.